The highest BCUT2D eigenvalue weighted by atomic mass is 32.1. The number of carbonyl (C=O) groups is 1. The third-order valence-electron chi connectivity index (χ3n) is 3.88. The van der Waals surface area contributed by atoms with Crippen LogP contribution < -0.4 is 9.54 Å². The van der Waals surface area contributed by atoms with Gasteiger partial charge in [-0.3, -0.25) is 4.79 Å². The molecule has 3 rings (SSSR count). The molecule has 1 amide bonds. The Morgan fingerprint density at radius 2 is 1.83 bits per heavy atom. The Labute approximate surface area is 138 Å². The average Bonchev–Trinajstić information content (AvgIpc) is 2.89. The molecule has 118 valence electrons. The van der Waals surface area contributed by atoms with E-state index in [-0.39, 0.29) is 5.91 Å². The van der Waals surface area contributed by atoms with Crippen molar-refractivity contribution in [3.63, 3.8) is 0 Å². The fraction of sp³-hybridized carbons (Fsp3) is 0.222. The van der Waals surface area contributed by atoms with Gasteiger partial charge in [0.15, 0.2) is 4.80 Å². The van der Waals surface area contributed by atoms with E-state index >= 15 is 0 Å². The molecular weight excluding hydrogens is 308 g/mol. The third kappa shape index (κ3) is 2.68. The van der Waals surface area contributed by atoms with E-state index in [1.807, 2.05) is 23.7 Å². The zero-order valence-corrected chi connectivity index (χ0v) is 14.4. The standard InChI is InChI=1S/C18H18N2O2S/c1-11-9-10-12(2)16-15(11)20(3)18(23-16)19-17(21)13-7-5-6-8-14(13)22-4/h5-10H,1-4H3. The summed E-state index contributed by atoms with van der Waals surface area (Å²) in [5.74, 6) is 0.247. The lowest BCUT2D eigenvalue weighted by molar-refractivity contribution is 0.0995. The molecule has 2 aromatic carbocycles. The molecule has 0 spiro atoms. The highest BCUT2D eigenvalue weighted by Gasteiger charge is 2.13. The topological polar surface area (TPSA) is 43.6 Å². The number of nitrogens with zero attached hydrogens (tertiary/aromatic N) is 2. The number of aromatic nitrogens is 1. The molecule has 0 aliphatic rings. The van der Waals surface area contributed by atoms with Crippen LogP contribution in [0.15, 0.2) is 41.4 Å². The molecular formula is C18H18N2O2S. The first-order chi connectivity index (χ1) is 11.0. The Morgan fingerprint density at radius 1 is 1.13 bits per heavy atom. The summed E-state index contributed by atoms with van der Waals surface area (Å²) >= 11 is 1.54. The predicted molar refractivity (Wildman–Crippen MR) is 93.2 cm³/mol. The van der Waals surface area contributed by atoms with Crippen LogP contribution in [-0.2, 0) is 7.05 Å². The molecule has 0 aliphatic heterocycles. The Balaban J connectivity index is 2.19. The molecule has 0 atom stereocenters. The van der Waals surface area contributed by atoms with E-state index in [1.165, 1.54) is 27.2 Å². The highest BCUT2D eigenvalue weighted by Crippen LogP contribution is 2.24. The normalized spacial score (nSPS) is 11.9. The summed E-state index contributed by atoms with van der Waals surface area (Å²) in [7, 11) is 3.50. The Morgan fingerprint density at radius 3 is 2.52 bits per heavy atom. The van der Waals surface area contributed by atoms with Gasteiger partial charge in [0.05, 0.1) is 22.9 Å². The number of thiazole rings is 1. The smallest absolute Gasteiger partial charge is 0.283 e. The number of hydrogen-bond donors (Lipinski definition) is 0. The maximum Gasteiger partial charge on any atom is 0.283 e. The van der Waals surface area contributed by atoms with Crippen LogP contribution in [0.3, 0.4) is 0 Å². The van der Waals surface area contributed by atoms with Gasteiger partial charge < -0.3 is 9.30 Å². The van der Waals surface area contributed by atoms with Crippen molar-refractivity contribution in [2.24, 2.45) is 12.0 Å². The summed E-state index contributed by atoms with van der Waals surface area (Å²) in [6, 6.07) is 11.3. The summed E-state index contributed by atoms with van der Waals surface area (Å²) in [6.45, 7) is 4.14. The van der Waals surface area contributed by atoms with Gasteiger partial charge in [0.2, 0.25) is 0 Å². The summed E-state index contributed by atoms with van der Waals surface area (Å²) in [5.41, 5.74) is 3.97. The Bertz CT molecular complexity index is 967. The van der Waals surface area contributed by atoms with Gasteiger partial charge in [-0.05, 0) is 37.1 Å². The number of hydrogen-bond acceptors (Lipinski definition) is 3. The van der Waals surface area contributed by atoms with Crippen LogP contribution in [-0.4, -0.2) is 17.6 Å². The SMILES string of the molecule is COc1ccccc1C(=O)N=c1sc2c(C)ccc(C)c2n1C. The van der Waals surface area contributed by atoms with Crippen molar-refractivity contribution in [3.8, 4) is 5.75 Å². The minimum absolute atomic E-state index is 0.292. The van der Waals surface area contributed by atoms with Crippen molar-refractivity contribution < 1.29 is 9.53 Å². The van der Waals surface area contributed by atoms with Crippen LogP contribution in [0.4, 0.5) is 0 Å². The largest absolute Gasteiger partial charge is 0.496 e. The molecule has 0 aliphatic carbocycles. The number of benzene rings is 2. The summed E-state index contributed by atoms with van der Waals surface area (Å²) in [4.78, 5) is 17.5. The molecule has 5 heteroatoms. The first kappa shape index (κ1) is 15.5. The van der Waals surface area contributed by atoms with E-state index < -0.39 is 0 Å². The maximum atomic E-state index is 12.5. The Kier molecular flexibility index (Phi) is 4.05. The molecule has 1 heterocycles. The van der Waals surface area contributed by atoms with Crippen LogP contribution in [0.2, 0.25) is 0 Å². The van der Waals surface area contributed by atoms with E-state index in [4.69, 9.17) is 4.74 Å². The first-order valence-electron chi connectivity index (χ1n) is 7.30. The van der Waals surface area contributed by atoms with Crippen LogP contribution in [0.5, 0.6) is 5.75 Å². The van der Waals surface area contributed by atoms with Crippen molar-refractivity contribution >= 4 is 27.5 Å². The van der Waals surface area contributed by atoms with E-state index in [0.29, 0.717) is 16.1 Å². The van der Waals surface area contributed by atoms with Gasteiger partial charge in [-0.1, -0.05) is 35.6 Å². The zero-order chi connectivity index (χ0) is 16.6. The van der Waals surface area contributed by atoms with Crippen molar-refractivity contribution in [2.45, 2.75) is 13.8 Å². The second-order valence-electron chi connectivity index (χ2n) is 5.44. The van der Waals surface area contributed by atoms with Gasteiger partial charge in [-0.2, -0.15) is 4.99 Å². The molecule has 0 bridgehead atoms. The number of aryl methyl sites for hydroxylation is 3. The van der Waals surface area contributed by atoms with E-state index in [1.54, 1.807) is 19.2 Å². The van der Waals surface area contributed by atoms with Gasteiger partial charge in [0.1, 0.15) is 5.75 Å². The molecule has 1 aromatic heterocycles. The highest BCUT2D eigenvalue weighted by molar-refractivity contribution is 7.16. The van der Waals surface area contributed by atoms with Crippen LogP contribution in [0.1, 0.15) is 21.5 Å². The molecule has 4 nitrogen and oxygen atoms in total. The molecule has 23 heavy (non-hydrogen) atoms. The van der Waals surface area contributed by atoms with Crippen LogP contribution in [0, 0.1) is 13.8 Å². The van der Waals surface area contributed by atoms with E-state index in [9.17, 15) is 4.79 Å². The fourth-order valence-corrected chi connectivity index (χ4v) is 3.80. The van der Waals surface area contributed by atoms with Gasteiger partial charge in [0.25, 0.3) is 5.91 Å². The zero-order valence-electron chi connectivity index (χ0n) is 13.6. The predicted octanol–water partition coefficient (Wildman–Crippen LogP) is 3.61. The van der Waals surface area contributed by atoms with Gasteiger partial charge in [-0.15, -0.1) is 0 Å². The van der Waals surface area contributed by atoms with Crippen molar-refractivity contribution in [1.29, 1.82) is 0 Å². The lowest BCUT2D eigenvalue weighted by Crippen LogP contribution is -2.14. The molecule has 0 fully saturated rings. The minimum atomic E-state index is -0.292. The van der Waals surface area contributed by atoms with E-state index in [2.05, 4.69) is 31.0 Å². The summed E-state index contributed by atoms with van der Waals surface area (Å²) in [6.07, 6.45) is 0. The second-order valence-corrected chi connectivity index (χ2v) is 6.42. The molecule has 0 N–H and O–H groups in total. The number of rotatable bonds is 2. The quantitative estimate of drug-likeness (QED) is 0.722. The maximum absolute atomic E-state index is 12.5. The Hall–Kier alpha value is -2.40. The van der Waals surface area contributed by atoms with Crippen molar-refractivity contribution in [2.75, 3.05) is 7.11 Å². The molecule has 0 saturated heterocycles. The number of ether oxygens (including phenoxy) is 1. The second kappa shape index (κ2) is 6.01. The van der Waals surface area contributed by atoms with Crippen molar-refractivity contribution in [1.82, 2.24) is 4.57 Å². The third-order valence-corrected chi connectivity index (χ3v) is 5.15. The van der Waals surface area contributed by atoms with Gasteiger partial charge in [-0.25, -0.2) is 0 Å². The summed E-state index contributed by atoms with van der Waals surface area (Å²) < 4.78 is 8.39. The molecule has 0 saturated carbocycles. The lowest BCUT2D eigenvalue weighted by atomic mass is 10.1. The van der Waals surface area contributed by atoms with E-state index in [0.717, 1.165) is 5.52 Å². The molecule has 0 radical (unpaired) electrons. The number of carbonyl (C=O) groups excluding carboxylic acids is 1. The fourth-order valence-electron chi connectivity index (χ4n) is 2.64. The molecule has 0 unspecified atom stereocenters. The number of methoxy groups -OCH3 is 1. The molecule has 3 aromatic rings. The summed E-state index contributed by atoms with van der Waals surface area (Å²) in [5, 5.41) is 0. The van der Waals surface area contributed by atoms with Crippen LogP contribution in [0.25, 0.3) is 10.2 Å². The van der Waals surface area contributed by atoms with Crippen molar-refractivity contribution in [3.05, 3.63) is 57.9 Å². The first-order valence-corrected chi connectivity index (χ1v) is 8.12. The minimum Gasteiger partial charge on any atom is -0.496 e. The number of fused-ring (bicyclic) bond motifs is 1. The van der Waals surface area contributed by atoms with Gasteiger partial charge in [0, 0.05) is 7.05 Å². The van der Waals surface area contributed by atoms with Crippen LogP contribution >= 0.6 is 11.3 Å². The number of para-hydroxylation sites is 1. The average molecular weight is 326 g/mol. The van der Waals surface area contributed by atoms with Gasteiger partial charge >= 0.3 is 0 Å². The number of amides is 1. The lowest BCUT2D eigenvalue weighted by Gasteiger charge is -2.04. The monoisotopic (exact) mass is 326 g/mol.